The van der Waals surface area contributed by atoms with Crippen molar-refractivity contribution in [2.75, 3.05) is 6.54 Å². The van der Waals surface area contributed by atoms with Crippen molar-refractivity contribution in [1.29, 1.82) is 0 Å². The fraction of sp³-hybridized carbons (Fsp3) is 0.267. The molecule has 1 amide bonds. The summed E-state index contributed by atoms with van der Waals surface area (Å²) in [5, 5.41) is 18.9. The lowest BCUT2D eigenvalue weighted by molar-refractivity contribution is 0.0763. The van der Waals surface area contributed by atoms with E-state index in [1.165, 1.54) is 12.1 Å². The standard InChI is InChI=1S/C15H17NO3/c1-4-11-5-9(2)8-16(11)15(19)12-7-14(18)13(17)6-10(12)3/h4,6-7,11,17-18H,1-2,5,8H2,3H3. The minimum absolute atomic E-state index is 0.0599. The van der Waals surface area contributed by atoms with Gasteiger partial charge in [-0.25, -0.2) is 0 Å². The highest BCUT2D eigenvalue weighted by Crippen LogP contribution is 2.31. The third kappa shape index (κ3) is 2.34. The molecule has 4 heteroatoms. The Morgan fingerprint density at radius 2 is 2.05 bits per heavy atom. The van der Waals surface area contributed by atoms with Gasteiger partial charge < -0.3 is 15.1 Å². The number of aromatic hydroxyl groups is 2. The van der Waals surface area contributed by atoms with Gasteiger partial charge in [0.15, 0.2) is 11.5 Å². The second kappa shape index (κ2) is 4.80. The lowest BCUT2D eigenvalue weighted by Gasteiger charge is -2.22. The van der Waals surface area contributed by atoms with Crippen LogP contribution in [0, 0.1) is 6.92 Å². The minimum Gasteiger partial charge on any atom is -0.504 e. The molecule has 1 unspecified atom stereocenters. The number of hydrogen-bond acceptors (Lipinski definition) is 3. The number of likely N-dealkylation sites (tertiary alicyclic amines) is 1. The summed E-state index contributed by atoms with van der Waals surface area (Å²) in [6.07, 6.45) is 2.45. The lowest BCUT2D eigenvalue weighted by Crippen LogP contribution is -2.34. The molecular formula is C15H17NO3. The van der Waals surface area contributed by atoms with Crippen LogP contribution in [0.5, 0.6) is 11.5 Å². The summed E-state index contributed by atoms with van der Waals surface area (Å²) < 4.78 is 0. The maximum atomic E-state index is 12.5. The summed E-state index contributed by atoms with van der Waals surface area (Å²) in [5.41, 5.74) is 2.00. The van der Waals surface area contributed by atoms with Crippen LogP contribution in [0.1, 0.15) is 22.3 Å². The monoisotopic (exact) mass is 259 g/mol. The Morgan fingerprint density at radius 3 is 2.68 bits per heavy atom. The fourth-order valence-electron chi connectivity index (χ4n) is 2.33. The lowest BCUT2D eigenvalue weighted by atomic mass is 10.1. The Morgan fingerprint density at radius 1 is 1.42 bits per heavy atom. The van der Waals surface area contributed by atoms with E-state index in [4.69, 9.17) is 0 Å². The van der Waals surface area contributed by atoms with Crippen molar-refractivity contribution in [1.82, 2.24) is 4.90 Å². The van der Waals surface area contributed by atoms with Crippen LogP contribution >= 0.6 is 0 Å². The van der Waals surface area contributed by atoms with Crippen molar-refractivity contribution >= 4 is 5.91 Å². The van der Waals surface area contributed by atoms with Crippen molar-refractivity contribution < 1.29 is 15.0 Å². The predicted molar refractivity (Wildman–Crippen MR) is 73.3 cm³/mol. The summed E-state index contributed by atoms with van der Waals surface area (Å²) in [5.74, 6) is -0.696. The smallest absolute Gasteiger partial charge is 0.255 e. The summed E-state index contributed by atoms with van der Waals surface area (Å²) in [7, 11) is 0. The number of phenolic OH excluding ortho intramolecular Hbond substituents is 2. The number of rotatable bonds is 2. The first-order valence-electron chi connectivity index (χ1n) is 6.06. The van der Waals surface area contributed by atoms with E-state index < -0.39 is 0 Å². The first-order chi connectivity index (χ1) is 8.93. The van der Waals surface area contributed by atoms with Gasteiger partial charge in [0.2, 0.25) is 0 Å². The summed E-state index contributed by atoms with van der Waals surface area (Å²) >= 11 is 0. The minimum atomic E-state index is -0.290. The molecule has 1 aromatic rings. The number of hydrogen-bond donors (Lipinski definition) is 2. The molecular weight excluding hydrogens is 242 g/mol. The molecule has 1 fully saturated rings. The van der Waals surface area contributed by atoms with E-state index in [9.17, 15) is 15.0 Å². The molecule has 0 bridgehead atoms. The van der Waals surface area contributed by atoms with Crippen LogP contribution in [0.2, 0.25) is 0 Å². The first-order valence-corrected chi connectivity index (χ1v) is 6.06. The Hall–Kier alpha value is -2.23. The van der Waals surface area contributed by atoms with Gasteiger partial charge in [-0.2, -0.15) is 0 Å². The van der Waals surface area contributed by atoms with Gasteiger partial charge in [-0.05, 0) is 31.0 Å². The van der Waals surface area contributed by atoms with Crippen molar-refractivity contribution in [3.8, 4) is 11.5 Å². The van der Waals surface area contributed by atoms with Gasteiger partial charge in [0.25, 0.3) is 5.91 Å². The maximum Gasteiger partial charge on any atom is 0.255 e. The predicted octanol–water partition coefficient (Wildman–Crippen LogP) is 2.36. The molecule has 2 N–H and O–H groups in total. The molecule has 4 nitrogen and oxygen atoms in total. The largest absolute Gasteiger partial charge is 0.504 e. The Labute approximate surface area is 112 Å². The molecule has 19 heavy (non-hydrogen) atoms. The molecule has 100 valence electrons. The molecule has 0 spiro atoms. The molecule has 1 aromatic carbocycles. The van der Waals surface area contributed by atoms with Crippen LogP contribution in [0.15, 0.2) is 36.9 Å². The first kappa shape index (κ1) is 13.2. The highest BCUT2D eigenvalue weighted by molar-refractivity contribution is 5.97. The van der Waals surface area contributed by atoms with E-state index in [2.05, 4.69) is 13.2 Å². The summed E-state index contributed by atoms with van der Waals surface area (Å²) in [6, 6.07) is 2.63. The molecule has 1 aliphatic rings. The Bertz CT molecular complexity index is 563. The topological polar surface area (TPSA) is 60.8 Å². The molecule has 0 radical (unpaired) electrons. The zero-order valence-corrected chi connectivity index (χ0v) is 10.9. The van der Waals surface area contributed by atoms with Crippen molar-refractivity contribution in [3.05, 3.63) is 48.1 Å². The number of phenols is 2. The van der Waals surface area contributed by atoms with Crippen molar-refractivity contribution in [3.63, 3.8) is 0 Å². The molecule has 0 saturated carbocycles. The van der Waals surface area contributed by atoms with E-state index in [-0.39, 0.29) is 23.4 Å². The van der Waals surface area contributed by atoms with E-state index in [1.807, 2.05) is 0 Å². The zero-order chi connectivity index (χ0) is 14.2. The SMILES string of the molecule is C=CC1CC(=C)CN1C(=O)c1cc(O)c(O)cc1C. The Balaban J connectivity index is 2.37. The average molecular weight is 259 g/mol. The van der Waals surface area contributed by atoms with Gasteiger partial charge >= 0.3 is 0 Å². The van der Waals surface area contributed by atoms with Crippen LogP contribution in [-0.2, 0) is 0 Å². The van der Waals surface area contributed by atoms with Crippen LogP contribution in [0.3, 0.4) is 0 Å². The van der Waals surface area contributed by atoms with E-state index in [0.29, 0.717) is 17.7 Å². The normalized spacial score (nSPS) is 18.7. The molecule has 2 rings (SSSR count). The molecule has 1 aliphatic heterocycles. The number of nitrogens with zero attached hydrogens (tertiary/aromatic N) is 1. The third-order valence-electron chi connectivity index (χ3n) is 3.38. The number of amides is 1. The second-order valence-electron chi connectivity index (χ2n) is 4.85. The maximum absolute atomic E-state index is 12.5. The molecule has 1 saturated heterocycles. The second-order valence-corrected chi connectivity index (χ2v) is 4.85. The quantitative estimate of drug-likeness (QED) is 0.633. The molecule has 0 aromatic heterocycles. The Kier molecular flexibility index (Phi) is 3.34. The number of aryl methyl sites for hydroxylation is 1. The number of carbonyl (C=O) groups is 1. The van der Waals surface area contributed by atoms with Gasteiger partial charge in [-0.1, -0.05) is 18.2 Å². The highest BCUT2D eigenvalue weighted by atomic mass is 16.3. The van der Waals surface area contributed by atoms with E-state index in [0.717, 1.165) is 12.0 Å². The van der Waals surface area contributed by atoms with Crippen molar-refractivity contribution in [2.45, 2.75) is 19.4 Å². The fourth-order valence-corrected chi connectivity index (χ4v) is 2.33. The highest BCUT2D eigenvalue weighted by Gasteiger charge is 2.30. The molecule has 1 heterocycles. The van der Waals surface area contributed by atoms with Gasteiger partial charge in [-0.3, -0.25) is 4.79 Å². The molecule has 0 aliphatic carbocycles. The van der Waals surface area contributed by atoms with Gasteiger partial charge in [0.05, 0.1) is 6.04 Å². The zero-order valence-electron chi connectivity index (χ0n) is 10.9. The van der Waals surface area contributed by atoms with Gasteiger partial charge in [0.1, 0.15) is 0 Å². The van der Waals surface area contributed by atoms with Crippen LogP contribution in [-0.4, -0.2) is 33.6 Å². The summed E-state index contributed by atoms with van der Waals surface area (Å²) in [4.78, 5) is 14.2. The van der Waals surface area contributed by atoms with Crippen molar-refractivity contribution in [2.24, 2.45) is 0 Å². The third-order valence-corrected chi connectivity index (χ3v) is 3.38. The molecule has 1 atom stereocenters. The van der Waals surface area contributed by atoms with Gasteiger partial charge in [-0.15, -0.1) is 6.58 Å². The van der Waals surface area contributed by atoms with Crippen LogP contribution in [0.25, 0.3) is 0 Å². The van der Waals surface area contributed by atoms with Gasteiger partial charge in [0, 0.05) is 12.1 Å². The van der Waals surface area contributed by atoms with E-state index in [1.54, 1.807) is 17.9 Å². The average Bonchev–Trinajstić information content (AvgIpc) is 2.74. The van der Waals surface area contributed by atoms with E-state index >= 15 is 0 Å². The van der Waals surface area contributed by atoms with Crippen LogP contribution in [0.4, 0.5) is 0 Å². The van der Waals surface area contributed by atoms with Crippen LogP contribution < -0.4 is 0 Å². The number of benzene rings is 1. The number of carbonyl (C=O) groups excluding carboxylic acids is 1. The summed E-state index contributed by atoms with van der Waals surface area (Å²) in [6.45, 7) is 9.85.